The lowest BCUT2D eigenvalue weighted by atomic mass is 10.7. The van der Waals surface area contributed by atoms with E-state index in [1.54, 1.807) is 10.3 Å². The monoisotopic (exact) mass is 156 g/mol. The van der Waals surface area contributed by atoms with Crippen LogP contribution in [0.4, 0.5) is 0 Å². The topological polar surface area (TPSA) is 13.2 Å². The molecule has 0 saturated carbocycles. The van der Waals surface area contributed by atoms with E-state index in [1.807, 2.05) is 34.7 Å². The van der Waals surface area contributed by atoms with Gasteiger partial charge in [0, 0.05) is 13.2 Å². The number of imidazole rings is 1. The van der Waals surface area contributed by atoms with Crippen LogP contribution in [0, 0.1) is 0 Å². The highest BCUT2D eigenvalue weighted by Gasteiger charge is 2.08. The summed E-state index contributed by atoms with van der Waals surface area (Å²) in [4.78, 5) is 0. The zero-order valence-corrected chi connectivity index (χ0v) is 6.28. The molecule has 0 aliphatic carbocycles. The molecule has 2 aromatic heterocycles. The fourth-order valence-corrected chi connectivity index (χ4v) is 1.22. The average molecular weight is 157 g/mol. The van der Waals surface area contributed by atoms with E-state index in [0.717, 1.165) is 5.65 Å². The normalized spacial score (nSPS) is 11.0. The predicted molar refractivity (Wildman–Crippen MR) is 37.8 cm³/mol. The SMILES string of the molecule is Cn1ccc2n1cc[n+]2Cl. The Labute approximate surface area is 63.1 Å². The zero-order valence-electron chi connectivity index (χ0n) is 5.53. The average Bonchev–Trinajstić information content (AvgIpc) is 2.41. The van der Waals surface area contributed by atoms with Crippen LogP contribution in [-0.2, 0) is 7.05 Å². The Hall–Kier alpha value is -0.960. The summed E-state index contributed by atoms with van der Waals surface area (Å²) in [6.07, 6.45) is 5.66. The van der Waals surface area contributed by atoms with Crippen LogP contribution in [0.1, 0.15) is 0 Å². The third-order valence-corrected chi connectivity index (χ3v) is 1.86. The smallest absolute Gasteiger partial charge is 0.221 e. The highest BCUT2D eigenvalue weighted by atomic mass is 35.5. The molecular formula is C6H7ClN3+. The number of nitrogens with zero attached hydrogens (tertiary/aromatic N) is 3. The Morgan fingerprint density at radius 1 is 1.50 bits per heavy atom. The molecule has 2 aromatic rings. The summed E-state index contributed by atoms with van der Waals surface area (Å²) in [6.45, 7) is 0. The van der Waals surface area contributed by atoms with Gasteiger partial charge >= 0.3 is 5.65 Å². The van der Waals surface area contributed by atoms with Crippen molar-refractivity contribution >= 4 is 17.4 Å². The lowest BCUT2D eigenvalue weighted by Gasteiger charge is -1.82. The molecule has 52 valence electrons. The summed E-state index contributed by atoms with van der Waals surface area (Å²) in [5, 5.41) is 0. The summed E-state index contributed by atoms with van der Waals surface area (Å²) in [5.41, 5.74) is 0.976. The molecule has 0 aromatic carbocycles. The Morgan fingerprint density at radius 2 is 2.30 bits per heavy atom. The maximum Gasteiger partial charge on any atom is 0.324 e. The molecule has 10 heavy (non-hydrogen) atoms. The van der Waals surface area contributed by atoms with Crippen molar-refractivity contribution in [3.05, 3.63) is 24.7 Å². The van der Waals surface area contributed by atoms with Crippen LogP contribution in [0.5, 0.6) is 0 Å². The highest BCUT2D eigenvalue weighted by Crippen LogP contribution is 1.97. The molecule has 0 spiro atoms. The number of hydrogen-bond acceptors (Lipinski definition) is 0. The molecule has 0 amide bonds. The predicted octanol–water partition coefficient (Wildman–Crippen LogP) is 0.567. The summed E-state index contributed by atoms with van der Waals surface area (Å²) in [5.74, 6) is 0. The second-order valence-corrected chi connectivity index (χ2v) is 2.57. The molecule has 0 fully saturated rings. The summed E-state index contributed by atoms with van der Waals surface area (Å²) in [6, 6.07) is 1.95. The van der Waals surface area contributed by atoms with Crippen LogP contribution in [0.25, 0.3) is 5.65 Å². The zero-order chi connectivity index (χ0) is 7.14. The maximum atomic E-state index is 5.77. The number of aromatic nitrogens is 3. The maximum absolute atomic E-state index is 5.77. The van der Waals surface area contributed by atoms with Crippen LogP contribution in [-0.4, -0.2) is 9.20 Å². The van der Waals surface area contributed by atoms with E-state index in [9.17, 15) is 0 Å². The van der Waals surface area contributed by atoms with Gasteiger partial charge in [-0.15, -0.1) is 8.60 Å². The quantitative estimate of drug-likeness (QED) is 0.529. The number of fused-ring (bicyclic) bond motifs is 1. The van der Waals surface area contributed by atoms with Gasteiger partial charge in [-0.1, -0.05) is 0 Å². The van der Waals surface area contributed by atoms with Gasteiger partial charge in [-0.25, -0.2) is 4.68 Å². The van der Waals surface area contributed by atoms with Crippen molar-refractivity contribution in [2.75, 3.05) is 0 Å². The molecule has 2 rings (SSSR count). The van der Waals surface area contributed by atoms with Crippen molar-refractivity contribution in [3.63, 3.8) is 0 Å². The van der Waals surface area contributed by atoms with Crippen LogP contribution in [0.15, 0.2) is 24.7 Å². The molecule has 0 bridgehead atoms. The first kappa shape index (κ1) is 5.80. The Bertz CT molecular complexity index is 324. The Kier molecular flexibility index (Phi) is 1.02. The lowest BCUT2D eigenvalue weighted by Crippen LogP contribution is -2.16. The van der Waals surface area contributed by atoms with Crippen molar-refractivity contribution in [2.45, 2.75) is 0 Å². The lowest BCUT2D eigenvalue weighted by molar-refractivity contribution is -0.488. The molecule has 2 heterocycles. The largest absolute Gasteiger partial charge is 0.324 e. The standard InChI is InChI=1S/C6H7ClN3/c1-8-3-2-6-9(7)4-5-10(6)8/h2-5H,1H3/q+1. The molecule has 4 heteroatoms. The van der Waals surface area contributed by atoms with Crippen LogP contribution < -0.4 is 4.09 Å². The van der Waals surface area contributed by atoms with E-state index in [-0.39, 0.29) is 0 Å². The van der Waals surface area contributed by atoms with Gasteiger partial charge in [-0.2, -0.15) is 0 Å². The van der Waals surface area contributed by atoms with E-state index in [1.165, 1.54) is 0 Å². The van der Waals surface area contributed by atoms with Gasteiger partial charge in [-0.05, 0) is 0 Å². The molecule has 0 saturated heterocycles. The molecule has 0 atom stereocenters. The Balaban J connectivity index is 2.95. The van der Waals surface area contributed by atoms with Gasteiger partial charge in [0.15, 0.2) is 12.4 Å². The molecule has 0 radical (unpaired) electrons. The van der Waals surface area contributed by atoms with Gasteiger partial charge in [0.25, 0.3) is 0 Å². The molecule has 0 unspecified atom stereocenters. The number of aryl methyl sites for hydroxylation is 1. The molecule has 3 nitrogen and oxygen atoms in total. The van der Waals surface area contributed by atoms with Crippen LogP contribution in [0.2, 0.25) is 0 Å². The number of hydrogen-bond donors (Lipinski definition) is 0. The molecule has 0 aliphatic heterocycles. The van der Waals surface area contributed by atoms with Gasteiger partial charge in [-0.3, -0.25) is 0 Å². The summed E-state index contributed by atoms with van der Waals surface area (Å²) < 4.78 is 5.46. The molecular weight excluding hydrogens is 150 g/mol. The van der Waals surface area contributed by atoms with E-state index >= 15 is 0 Å². The highest BCUT2D eigenvalue weighted by molar-refractivity contribution is 6.05. The number of rotatable bonds is 0. The summed E-state index contributed by atoms with van der Waals surface area (Å²) >= 11 is 5.77. The number of halogens is 1. The fraction of sp³-hybridized carbons (Fsp3) is 0.167. The second kappa shape index (κ2) is 1.76. The molecule has 0 N–H and O–H groups in total. The minimum Gasteiger partial charge on any atom is -0.221 e. The van der Waals surface area contributed by atoms with E-state index in [2.05, 4.69) is 0 Å². The fourth-order valence-electron chi connectivity index (χ4n) is 1.03. The van der Waals surface area contributed by atoms with Gasteiger partial charge in [0.1, 0.15) is 11.8 Å². The van der Waals surface area contributed by atoms with Gasteiger partial charge < -0.3 is 0 Å². The van der Waals surface area contributed by atoms with E-state index in [0.29, 0.717) is 0 Å². The van der Waals surface area contributed by atoms with Crippen LogP contribution in [0.3, 0.4) is 0 Å². The van der Waals surface area contributed by atoms with Crippen molar-refractivity contribution in [3.8, 4) is 0 Å². The van der Waals surface area contributed by atoms with Crippen molar-refractivity contribution in [2.24, 2.45) is 7.05 Å². The first-order chi connectivity index (χ1) is 4.79. The minimum atomic E-state index is 0.976. The van der Waals surface area contributed by atoms with Crippen molar-refractivity contribution < 1.29 is 4.09 Å². The van der Waals surface area contributed by atoms with Gasteiger partial charge in [0.05, 0.1) is 6.07 Å². The third kappa shape index (κ3) is 0.580. The van der Waals surface area contributed by atoms with E-state index < -0.39 is 0 Å². The second-order valence-electron chi connectivity index (χ2n) is 2.20. The van der Waals surface area contributed by atoms with E-state index in [4.69, 9.17) is 11.8 Å². The van der Waals surface area contributed by atoms with Crippen molar-refractivity contribution in [1.29, 1.82) is 0 Å². The van der Waals surface area contributed by atoms with Crippen LogP contribution >= 0.6 is 11.8 Å². The van der Waals surface area contributed by atoms with Crippen molar-refractivity contribution in [1.82, 2.24) is 9.20 Å². The minimum absolute atomic E-state index is 0.976. The first-order valence-corrected chi connectivity index (χ1v) is 3.33. The van der Waals surface area contributed by atoms with Gasteiger partial charge in [0.2, 0.25) is 0 Å². The third-order valence-electron chi connectivity index (χ3n) is 1.57. The summed E-state index contributed by atoms with van der Waals surface area (Å²) in [7, 11) is 1.96. The molecule has 0 aliphatic rings. The first-order valence-electron chi connectivity index (χ1n) is 2.99. The Morgan fingerprint density at radius 3 is 3.00 bits per heavy atom.